The zero-order chi connectivity index (χ0) is 13.4. The molecule has 19 heavy (non-hydrogen) atoms. The summed E-state index contributed by atoms with van der Waals surface area (Å²) in [5.41, 5.74) is 0. The lowest BCUT2D eigenvalue weighted by atomic mass is 9.89. The Kier molecular flexibility index (Phi) is 3.61. The summed E-state index contributed by atoms with van der Waals surface area (Å²) in [5, 5.41) is 8.27. The molecule has 0 spiro atoms. The van der Waals surface area contributed by atoms with Crippen molar-refractivity contribution >= 4 is 0 Å². The monoisotopic (exact) mass is 262 g/mol. The van der Waals surface area contributed by atoms with Gasteiger partial charge in [-0.25, -0.2) is 4.98 Å². The second kappa shape index (κ2) is 5.23. The molecule has 1 aromatic heterocycles. The molecule has 1 aromatic rings. The summed E-state index contributed by atoms with van der Waals surface area (Å²) in [5.74, 6) is 3.63. The van der Waals surface area contributed by atoms with Crippen molar-refractivity contribution in [2.24, 2.45) is 18.9 Å². The van der Waals surface area contributed by atoms with Crippen LogP contribution in [0.3, 0.4) is 0 Å². The largest absolute Gasteiger partial charge is 0.311 e. The quantitative estimate of drug-likeness (QED) is 0.903. The summed E-state index contributed by atoms with van der Waals surface area (Å²) in [6.07, 6.45) is 7.49. The van der Waals surface area contributed by atoms with Gasteiger partial charge in [0.2, 0.25) is 0 Å². The van der Waals surface area contributed by atoms with Crippen molar-refractivity contribution in [1.82, 2.24) is 20.1 Å². The third kappa shape index (κ3) is 2.99. The van der Waals surface area contributed by atoms with E-state index in [1.807, 2.05) is 11.7 Å². The van der Waals surface area contributed by atoms with E-state index in [9.17, 15) is 0 Å². The summed E-state index contributed by atoms with van der Waals surface area (Å²) < 4.78 is 2.00. The number of rotatable bonds is 4. The van der Waals surface area contributed by atoms with Gasteiger partial charge >= 0.3 is 0 Å². The summed E-state index contributed by atoms with van der Waals surface area (Å²) in [6.45, 7) is 4.45. The molecule has 0 aliphatic carbocycles. The van der Waals surface area contributed by atoms with Crippen LogP contribution < -0.4 is 5.32 Å². The van der Waals surface area contributed by atoms with Crippen molar-refractivity contribution in [2.45, 2.75) is 64.5 Å². The van der Waals surface area contributed by atoms with E-state index in [2.05, 4.69) is 24.3 Å². The molecule has 0 aromatic carbocycles. The first-order valence-corrected chi connectivity index (χ1v) is 7.75. The third-order valence-electron chi connectivity index (χ3n) is 4.53. The van der Waals surface area contributed by atoms with E-state index < -0.39 is 0 Å². The fourth-order valence-corrected chi connectivity index (χ4v) is 3.70. The number of piperidine rings is 1. The van der Waals surface area contributed by atoms with Crippen LogP contribution in [0.4, 0.5) is 0 Å². The van der Waals surface area contributed by atoms with Crippen LogP contribution in [0.5, 0.6) is 0 Å². The molecule has 0 amide bonds. The van der Waals surface area contributed by atoms with Crippen LogP contribution in [-0.4, -0.2) is 26.8 Å². The number of aryl methyl sites for hydroxylation is 1. The Balaban J connectivity index is 1.64. The average Bonchev–Trinajstić information content (AvgIpc) is 2.82. The minimum absolute atomic E-state index is 0.630. The molecular weight excluding hydrogens is 236 g/mol. The van der Waals surface area contributed by atoms with Gasteiger partial charge in [-0.3, -0.25) is 4.68 Å². The summed E-state index contributed by atoms with van der Waals surface area (Å²) in [6, 6.07) is 1.54. The molecule has 0 radical (unpaired) electrons. The Morgan fingerprint density at radius 2 is 1.95 bits per heavy atom. The van der Waals surface area contributed by atoms with Gasteiger partial charge in [0.05, 0.1) is 0 Å². The van der Waals surface area contributed by atoms with Crippen molar-refractivity contribution < 1.29 is 0 Å². The van der Waals surface area contributed by atoms with Crippen molar-refractivity contribution in [1.29, 1.82) is 0 Å². The van der Waals surface area contributed by atoms with Crippen molar-refractivity contribution in [3.63, 3.8) is 0 Å². The highest BCUT2D eigenvalue weighted by Crippen LogP contribution is 2.32. The molecule has 3 rings (SSSR count). The van der Waals surface area contributed by atoms with E-state index in [1.54, 1.807) is 0 Å². The number of aromatic nitrogens is 3. The highest BCUT2D eigenvalue weighted by Gasteiger charge is 2.33. The number of nitrogens with one attached hydrogen (secondary N) is 1. The van der Waals surface area contributed by atoms with Gasteiger partial charge in [-0.15, -0.1) is 0 Å². The molecule has 2 saturated heterocycles. The zero-order valence-electron chi connectivity index (χ0n) is 12.4. The van der Waals surface area contributed by atoms with Gasteiger partial charge in [-0.1, -0.05) is 13.8 Å². The molecule has 106 valence electrons. The highest BCUT2D eigenvalue weighted by molar-refractivity contribution is 4.99. The van der Waals surface area contributed by atoms with Gasteiger partial charge in [0, 0.05) is 32.0 Å². The zero-order valence-corrected chi connectivity index (χ0v) is 12.4. The molecule has 1 N–H and O–H groups in total. The Hall–Kier alpha value is -0.900. The number of fused-ring (bicyclic) bond motifs is 2. The van der Waals surface area contributed by atoms with Crippen molar-refractivity contribution in [2.75, 3.05) is 0 Å². The standard InChI is InChI=1S/C15H26N4/c1-10(2)6-14-17-15(19(3)18-14)9-11-7-12-4-5-13(8-11)16-12/h10-13,16H,4-9H2,1-3H3. The Morgan fingerprint density at radius 3 is 2.58 bits per heavy atom. The molecule has 4 nitrogen and oxygen atoms in total. The molecule has 2 unspecified atom stereocenters. The number of hydrogen-bond acceptors (Lipinski definition) is 3. The summed E-state index contributed by atoms with van der Waals surface area (Å²) >= 11 is 0. The van der Waals surface area contributed by atoms with Gasteiger partial charge in [0.25, 0.3) is 0 Å². The van der Waals surface area contributed by atoms with Crippen LogP contribution in [0.2, 0.25) is 0 Å². The van der Waals surface area contributed by atoms with Crippen LogP contribution in [0.15, 0.2) is 0 Å². The summed E-state index contributed by atoms with van der Waals surface area (Å²) in [7, 11) is 2.04. The second-order valence-electron chi connectivity index (χ2n) is 6.85. The normalized spacial score (nSPS) is 30.2. The Labute approximate surface area is 116 Å². The minimum atomic E-state index is 0.630. The second-order valence-corrected chi connectivity index (χ2v) is 6.85. The maximum absolute atomic E-state index is 4.75. The van der Waals surface area contributed by atoms with Gasteiger partial charge in [-0.05, 0) is 37.5 Å². The van der Waals surface area contributed by atoms with E-state index in [4.69, 9.17) is 4.98 Å². The average molecular weight is 262 g/mol. The maximum atomic E-state index is 4.75. The predicted octanol–water partition coefficient (Wildman–Crippen LogP) is 2.09. The van der Waals surface area contributed by atoms with Gasteiger partial charge in [0.1, 0.15) is 5.82 Å². The molecule has 2 atom stereocenters. The van der Waals surface area contributed by atoms with Crippen LogP contribution in [-0.2, 0) is 19.9 Å². The molecule has 2 fully saturated rings. The van der Waals surface area contributed by atoms with Crippen molar-refractivity contribution in [3.05, 3.63) is 11.6 Å². The van der Waals surface area contributed by atoms with Gasteiger partial charge in [0.15, 0.2) is 5.82 Å². The highest BCUT2D eigenvalue weighted by atomic mass is 15.3. The third-order valence-corrected chi connectivity index (χ3v) is 4.53. The van der Waals surface area contributed by atoms with E-state index in [1.165, 1.54) is 31.5 Å². The Bertz CT molecular complexity index is 425. The maximum Gasteiger partial charge on any atom is 0.151 e. The van der Waals surface area contributed by atoms with Crippen LogP contribution in [0, 0.1) is 11.8 Å². The molecule has 2 aliphatic rings. The first-order chi connectivity index (χ1) is 9.10. The molecule has 4 heteroatoms. The fraction of sp³-hybridized carbons (Fsp3) is 0.867. The topological polar surface area (TPSA) is 42.7 Å². The molecule has 2 aliphatic heterocycles. The van der Waals surface area contributed by atoms with E-state index >= 15 is 0 Å². The minimum Gasteiger partial charge on any atom is -0.311 e. The Morgan fingerprint density at radius 1 is 1.26 bits per heavy atom. The number of hydrogen-bond donors (Lipinski definition) is 1. The molecule has 3 heterocycles. The summed E-state index contributed by atoms with van der Waals surface area (Å²) in [4.78, 5) is 4.75. The van der Waals surface area contributed by atoms with Gasteiger partial charge < -0.3 is 5.32 Å². The molecule has 2 bridgehead atoms. The van der Waals surface area contributed by atoms with Crippen LogP contribution in [0.1, 0.15) is 51.2 Å². The first-order valence-electron chi connectivity index (χ1n) is 7.75. The molecular formula is C15H26N4. The lowest BCUT2D eigenvalue weighted by Crippen LogP contribution is -2.38. The van der Waals surface area contributed by atoms with E-state index in [0.717, 1.165) is 36.7 Å². The number of nitrogens with zero attached hydrogens (tertiary/aromatic N) is 3. The first kappa shape index (κ1) is 13.1. The van der Waals surface area contributed by atoms with E-state index in [0.29, 0.717) is 5.92 Å². The van der Waals surface area contributed by atoms with Gasteiger partial charge in [-0.2, -0.15) is 5.10 Å². The van der Waals surface area contributed by atoms with Crippen LogP contribution in [0.25, 0.3) is 0 Å². The lowest BCUT2D eigenvalue weighted by Gasteiger charge is -2.28. The van der Waals surface area contributed by atoms with E-state index in [-0.39, 0.29) is 0 Å². The SMILES string of the molecule is CC(C)Cc1nc(CC2CC3CCC(C2)N3)n(C)n1. The molecule has 0 saturated carbocycles. The smallest absolute Gasteiger partial charge is 0.151 e. The predicted molar refractivity (Wildman–Crippen MR) is 75.9 cm³/mol. The van der Waals surface area contributed by atoms with Crippen molar-refractivity contribution in [3.8, 4) is 0 Å². The fourth-order valence-electron chi connectivity index (χ4n) is 3.70. The lowest BCUT2D eigenvalue weighted by molar-refractivity contribution is 0.293. The van der Waals surface area contributed by atoms with Crippen LogP contribution >= 0.6 is 0 Å².